The minimum absolute atomic E-state index is 0.0238. The van der Waals surface area contributed by atoms with Crippen molar-refractivity contribution >= 4 is 30.2 Å². The molecule has 15 heteroatoms. The van der Waals surface area contributed by atoms with E-state index in [2.05, 4.69) is 21.3 Å². The molecule has 15 nitrogen and oxygen atoms in total. The number of carbonyl (C=O) groups is 5. The van der Waals surface area contributed by atoms with E-state index in [1.54, 1.807) is 12.1 Å². The van der Waals surface area contributed by atoms with E-state index >= 15 is 0 Å². The number of nitrogens with one attached hydrogen (secondary N) is 4. The number of aliphatic carboxylic acids is 1. The maximum atomic E-state index is 12.0. The predicted octanol–water partition coefficient (Wildman–Crippen LogP) is 3.73. The van der Waals surface area contributed by atoms with Gasteiger partial charge >= 0.3 is 24.2 Å². The number of alkyl carbamates (subject to hydrolysis) is 3. The Labute approximate surface area is 282 Å². The zero-order valence-electron chi connectivity index (χ0n) is 28.3. The number of carboxylic acid groups (broad SMARTS) is 1. The number of hydrogen-bond donors (Lipinski definition) is 6. The minimum Gasteiger partial charge on any atom is -0.484 e. The van der Waals surface area contributed by atoms with Crippen LogP contribution in [0, 0.1) is 5.41 Å². The number of benzene rings is 1. The van der Waals surface area contributed by atoms with Gasteiger partial charge in [0.25, 0.3) is 0 Å². The average molecular weight is 683 g/mol. The van der Waals surface area contributed by atoms with Crippen LogP contribution < -0.4 is 26.0 Å². The van der Waals surface area contributed by atoms with Crippen molar-refractivity contribution < 1.29 is 53.1 Å². The molecule has 0 fully saturated rings. The number of amides is 4. The van der Waals surface area contributed by atoms with E-state index in [0.717, 1.165) is 51.4 Å². The quantitative estimate of drug-likeness (QED) is 0.0612. The number of hydrogen-bond acceptors (Lipinski definition) is 10. The fourth-order valence-electron chi connectivity index (χ4n) is 4.02. The maximum absolute atomic E-state index is 12.0. The third kappa shape index (κ3) is 24.0. The van der Waals surface area contributed by atoms with Crippen molar-refractivity contribution in [1.82, 2.24) is 21.3 Å². The minimum atomic E-state index is -0.998. The van der Waals surface area contributed by atoms with E-state index in [0.29, 0.717) is 31.9 Å². The molecule has 0 bridgehead atoms. The Balaban J connectivity index is 1.98. The van der Waals surface area contributed by atoms with E-state index in [-0.39, 0.29) is 45.2 Å². The van der Waals surface area contributed by atoms with E-state index in [1.165, 1.54) is 0 Å². The topological polar surface area (TPSA) is 211 Å². The van der Waals surface area contributed by atoms with Crippen LogP contribution in [0.3, 0.4) is 0 Å². The zero-order valence-corrected chi connectivity index (χ0v) is 28.3. The van der Waals surface area contributed by atoms with Gasteiger partial charge in [-0.25, -0.2) is 14.4 Å². The molecular weight excluding hydrogens is 628 g/mol. The van der Waals surface area contributed by atoms with Gasteiger partial charge in [-0.1, -0.05) is 57.7 Å². The van der Waals surface area contributed by atoms with Crippen molar-refractivity contribution in [3.05, 3.63) is 30.3 Å². The molecule has 48 heavy (non-hydrogen) atoms. The van der Waals surface area contributed by atoms with Crippen molar-refractivity contribution in [2.75, 3.05) is 52.6 Å². The first kappa shape index (κ1) is 41.8. The predicted molar refractivity (Wildman–Crippen MR) is 177 cm³/mol. The van der Waals surface area contributed by atoms with E-state index in [9.17, 15) is 29.1 Å². The molecule has 1 aromatic carbocycles. The lowest BCUT2D eigenvalue weighted by Gasteiger charge is -2.23. The molecule has 4 amide bonds. The molecule has 0 saturated carbocycles. The maximum Gasteiger partial charge on any atom is 0.407 e. The van der Waals surface area contributed by atoms with Gasteiger partial charge in [-0.3, -0.25) is 9.59 Å². The lowest BCUT2D eigenvalue weighted by atomic mass is 9.96. The molecule has 0 aliphatic carbocycles. The molecular formula is C33H54N4O11. The molecule has 0 aliphatic rings. The molecule has 1 atom stereocenters. The first-order chi connectivity index (χ1) is 23.0. The highest BCUT2D eigenvalue weighted by Crippen LogP contribution is 2.16. The summed E-state index contributed by atoms with van der Waals surface area (Å²) in [5, 5.41) is 28.7. The Morgan fingerprint density at radius 2 is 1.12 bits per heavy atom. The highest BCUT2D eigenvalue weighted by molar-refractivity contribution is 5.80. The van der Waals surface area contributed by atoms with Crippen LogP contribution in [0.15, 0.2) is 30.3 Å². The van der Waals surface area contributed by atoms with Gasteiger partial charge in [0.15, 0.2) is 6.10 Å². The van der Waals surface area contributed by atoms with Gasteiger partial charge in [0.05, 0.1) is 13.0 Å². The third-order valence-electron chi connectivity index (χ3n) is 6.74. The van der Waals surface area contributed by atoms with Crippen LogP contribution >= 0.6 is 0 Å². The van der Waals surface area contributed by atoms with Crippen LogP contribution in [0.25, 0.3) is 0 Å². The van der Waals surface area contributed by atoms with Gasteiger partial charge in [0, 0.05) is 38.0 Å². The monoisotopic (exact) mass is 682 g/mol. The molecule has 0 aromatic heterocycles. The number of aliphatic hydroxyl groups is 1. The van der Waals surface area contributed by atoms with E-state index in [1.807, 2.05) is 32.0 Å². The van der Waals surface area contributed by atoms with Gasteiger partial charge in [-0.15, -0.1) is 0 Å². The van der Waals surface area contributed by atoms with Crippen LogP contribution in [-0.4, -0.2) is 99.1 Å². The summed E-state index contributed by atoms with van der Waals surface area (Å²) >= 11 is 0. The standard InChI is InChI=1S/C33H54N4O11/c1-33(2,24-46-31(43)36-20-12-4-3-10-18-34-28(39)16-17-29(40)41)25-47-32(44)37-21-13-6-5-11-19-35-30(42)45-23-27(22-38)48-26-14-8-7-9-15-26/h7-9,14-15,27,38H,3-6,10-13,16-25H2,1-2H3,(H,34,39)(H,35,42)(H,36,43)(H,37,44)(H,40,41). The van der Waals surface area contributed by atoms with Crippen molar-refractivity contribution in [3.8, 4) is 5.75 Å². The van der Waals surface area contributed by atoms with Crippen LogP contribution in [0.4, 0.5) is 14.4 Å². The molecule has 1 unspecified atom stereocenters. The Morgan fingerprint density at radius 1 is 0.667 bits per heavy atom. The van der Waals surface area contributed by atoms with Gasteiger partial charge in [0.1, 0.15) is 25.6 Å². The Bertz CT molecular complexity index is 1070. The molecule has 1 aromatic rings. The lowest BCUT2D eigenvalue weighted by molar-refractivity contribution is -0.138. The van der Waals surface area contributed by atoms with Gasteiger partial charge in [0.2, 0.25) is 5.91 Å². The summed E-state index contributed by atoms with van der Waals surface area (Å²) < 4.78 is 21.2. The molecule has 272 valence electrons. The summed E-state index contributed by atoms with van der Waals surface area (Å²) in [7, 11) is 0. The van der Waals surface area contributed by atoms with Gasteiger partial charge in [-0.2, -0.15) is 0 Å². The molecule has 0 radical (unpaired) electrons. The lowest BCUT2D eigenvalue weighted by Crippen LogP contribution is -2.34. The first-order valence-electron chi connectivity index (χ1n) is 16.5. The molecule has 0 heterocycles. The third-order valence-corrected chi connectivity index (χ3v) is 6.74. The highest BCUT2D eigenvalue weighted by atomic mass is 16.6. The van der Waals surface area contributed by atoms with Crippen LogP contribution in [-0.2, 0) is 23.8 Å². The second kappa shape index (κ2) is 25.8. The fourth-order valence-corrected chi connectivity index (χ4v) is 4.02. The summed E-state index contributed by atoms with van der Waals surface area (Å²) in [6.07, 6.45) is 3.87. The van der Waals surface area contributed by atoms with Crippen molar-refractivity contribution in [2.24, 2.45) is 5.41 Å². The second-order valence-electron chi connectivity index (χ2n) is 12.0. The fraction of sp³-hybridized carbons (Fsp3) is 0.667. The summed E-state index contributed by atoms with van der Waals surface area (Å²) in [6, 6.07) is 8.97. The van der Waals surface area contributed by atoms with Crippen LogP contribution in [0.1, 0.15) is 78.1 Å². The Kier molecular flexibility index (Phi) is 22.4. The van der Waals surface area contributed by atoms with Crippen LogP contribution in [0.5, 0.6) is 5.75 Å². The molecule has 6 N–H and O–H groups in total. The largest absolute Gasteiger partial charge is 0.484 e. The first-order valence-corrected chi connectivity index (χ1v) is 16.5. The number of para-hydroxylation sites is 1. The van der Waals surface area contributed by atoms with Gasteiger partial charge < -0.3 is 50.4 Å². The number of aliphatic hydroxyl groups excluding tert-OH is 1. The van der Waals surface area contributed by atoms with Gasteiger partial charge in [-0.05, 0) is 37.8 Å². The Morgan fingerprint density at radius 3 is 1.58 bits per heavy atom. The van der Waals surface area contributed by atoms with Crippen molar-refractivity contribution in [2.45, 2.75) is 84.2 Å². The van der Waals surface area contributed by atoms with Crippen molar-refractivity contribution in [3.63, 3.8) is 0 Å². The molecule has 0 saturated heterocycles. The SMILES string of the molecule is CC(C)(COC(=O)NCCCCCCNC(=O)CCC(=O)O)COC(=O)NCCCCCCNC(=O)OCC(CO)Oc1ccccc1. The van der Waals surface area contributed by atoms with E-state index in [4.69, 9.17) is 24.1 Å². The Hall–Kier alpha value is -4.27. The number of unbranched alkanes of at least 4 members (excludes halogenated alkanes) is 6. The zero-order chi connectivity index (χ0) is 35.5. The number of rotatable bonds is 26. The average Bonchev–Trinajstić information content (AvgIpc) is 3.06. The second-order valence-corrected chi connectivity index (χ2v) is 12.0. The van der Waals surface area contributed by atoms with Crippen LogP contribution in [0.2, 0.25) is 0 Å². The number of ether oxygens (including phenoxy) is 4. The summed E-state index contributed by atoms with van der Waals surface area (Å²) in [5.41, 5.74) is -0.578. The summed E-state index contributed by atoms with van der Waals surface area (Å²) in [6.45, 7) is 5.24. The molecule has 1 rings (SSSR count). The number of carbonyl (C=O) groups excluding carboxylic acids is 4. The molecule has 0 spiro atoms. The molecule has 0 aliphatic heterocycles. The summed E-state index contributed by atoms with van der Waals surface area (Å²) in [4.78, 5) is 57.8. The van der Waals surface area contributed by atoms with Crippen molar-refractivity contribution in [1.29, 1.82) is 0 Å². The highest BCUT2D eigenvalue weighted by Gasteiger charge is 2.23. The number of carboxylic acids is 1. The normalized spacial score (nSPS) is 11.5. The van der Waals surface area contributed by atoms with E-state index < -0.39 is 35.8 Å². The summed E-state index contributed by atoms with van der Waals surface area (Å²) in [5.74, 6) is -0.689. The smallest absolute Gasteiger partial charge is 0.407 e.